The third kappa shape index (κ3) is 6.91. The molecular formula is C28H42N4O8. The molecule has 0 bridgehead atoms. The first kappa shape index (κ1) is 31.3. The predicted octanol–water partition coefficient (Wildman–Crippen LogP) is 0.846. The van der Waals surface area contributed by atoms with E-state index in [1.165, 1.54) is 57.4 Å². The van der Waals surface area contributed by atoms with Crippen LogP contribution in [0.4, 0.5) is 0 Å². The monoisotopic (exact) mass is 562 g/mol. The molecule has 0 radical (unpaired) electrons. The van der Waals surface area contributed by atoms with Crippen LogP contribution in [0.15, 0.2) is 36.1 Å². The van der Waals surface area contributed by atoms with Gasteiger partial charge in [-0.3, -0.25) is 29.0 Å². The maximum Gasteiger partial charge on any atom is 0.248 e. The summed E-state index contributed by atoms with van der Waals surface area (Å²) in [5.74, 6) is -3.66. The van der Waals surface area contributed by atoms with Gasteiger partial charge in [0.2, 0.25) is 29.4 Å². The second kappa shape index (κ2) is 13.9. The maximum atomic E-state index is 12.9. The van der Waals surface area contributed by atoms with Crippen molar-refractivity contribution in [1.29, 1.82) is 0 Å². The van der Waals surface area contributed by atoms with Crippen molar-refractivity contribution in [1.82, 2.24) is 20.4 Å². The largest absolute Gasteiger partial charge is 0.508 e. The van der Waals surface area contributed by atoms with Crippen molar-refractivity contribution in [2.45, 2.75) is 101 Å². The summed E-state index contributed by atoms with van der Waals surface area (Å²) < 4.78 is 0. The number of nitrogens with zero attached hydrogens (tertiary/aromatic N) is 2. The quantitative estimate of drug-likeness (QED) is 0.0780. The van der Waals surface area contributed by atoms with Gasteiger partial charge in [-0.25, -0.2) is 0 Å². The Bertz CT molecular complexity index is 1040. The Morgan fingerprint density at radius 1 is 1.00 bits per heavy atom. The third-order valence-corrected chi connectivity index (χ3v) is 7.66. The van der Waals surface area contributed by atoms with Gasteiger partial charge < -0.3 is 31.1 Å². The molecule has 222 valence electrons. The van der Waals surface area contributed by atoms with Crippen LogP contribution in [0.1, 0.15) is 77.6 Å². The fourth-order valence-corrected chi connectivity index (χ4v) is 5.46. The first-order valence-electron chi connectivity index (χ1n) is 14.1. The molecule has 0 aromatic heterocycles. The number of carbonyl (C=O) groups is 4. The predicted molar refractivity (Wildman–Crippen MR) is 145 cm³/mol. The van der Waals surface area contributed by atoms with Crippen LogP contribution in [0, 0.1) is 0 Å². The topological polar surface area (TPSA) is 180 Å². The Kier molecular flexibility index (Phi) is 10.9. The van der Waals surface area contributed by atoms with Crippen molar-refractivity contribution in [3.05, 3.63) is 36.1 Å². The van der Waals surface area contributed by atoms with Crippen LogP contribution in [0.3, 0.4) is 0 Å². The van der Waals surface area contributed by atoms with Gasteiger partial charge in [0.05, 0.1) is 0 Å². The average molecular weight is 563 g/mol. The highest BCUT2D eigenvalue weighted by atomic mass is 16.4. The van der Waals surface area contributed by atoms with E-state index in [1.54, 1.807) is 12.2 Å². The minimum atomic E-state index is -2.72. The van der Waals surface area contributed by atoms with Gasteiger partial charge in [-0.2, -0.15) is 0 Å². The average Bonchev–Trinajstić information content (AvgIpc) is 3.13. The van der Waals surface area contributed by atoms with Crippen LogP contribution in [0.25, 0.3) is 0 Å². The van der Waals surface area contributed by atoms with Crippen LogP contribution >= 0.6 is 0 Å². The van der Waals surface area contributed by atoms with E-state index in [-0.39, 0.29) is 5.76 Å². The number of amides is 4. The number of rotatable bonds is 14. The highest BCUT2D eigenvalue weighted by Gasteiger charge is 2.72. The molecule has 0 aliphatic carbocycles. The molecule has 0 aromatic carbocycles. The Morgan fingerprint density at radius 2 is 1.65 bits per heavy atom. The van der Waals surface area contributed by atoms with E-state index < -0.39 is 66.9 Å². The standard InChI is InChI=1S/C28H42N4O8/c1-2-3-4-5-6-7-8-9-10-11-12-13-14-15-20(33)16-22(34)29-21-17-27(39)28(40)26(38)30-23(35)18-31(28)24(36)19-32(27)25(21)37/h12-16,21,26,33,38-40H,2-11,17-19H2,1H3,(H,29,34)(H,30,35)/b13-12+,15-14+,20-16-. The van der Waals surface area contributed by atoms with Crippen molar-refractivity contribution in [2.75, 3.05) is 13.1 Å². The SMILES string of the molecule is CCCCCCCCCCC/C=C/C=C/C(O)=C/C(=O)NC1CC2(O)N(CC(=O)N3CC(=O)NC(O)C32O)C1=O. The molecule has 40 heavy (non-hydrogen) atoms. The minimum absolute atomic E-state index is 0.363. The lowest BCUT2D eigenvalue weighted by atomic mass is 9.87. The smallest absolute Gasteiger partial charge is 0.248 e. The van der Waals surface area contributed by atoms with E-state index in [0.717, 1.165) is 18.9 Å². The van der Waals surface area contributed by atoms with Crippen molar-refractivity contribution in [3.63, 3.8) is 0 Å². The van der Waals surface area contributed by atoms with E-state index in [9.17, 15) is 39.6 Å². The normalized spacial score (nSPS) is 28.8. The molecule has 4 amide bonds. The first-order valence-corrected chi connectivity index (χ1v) is 14.1. The number of unbranched alkanes of at least 4 members (excludes halogenated alkanes) is 9. The molecule has 3 aliphatic heterocycles. The Morgan fingerprint density at radius 3 is 2.33 bits per heavy atom. The number of fused-ring (bicyclic) bond motifs is 3. The highest BCUT2D eigenvalue weighted by molar-refractivity contribution is 5.98. The molecule has 12 nitrogen and oxygen atoms in total. The van der Waals surface area contributed by atoms with Crippen molar-refractivity contribution in [3.8, 4) is 0 Å². The number of aliphatic hydroxyl groups is 4. The summed E-state index contributed by atoms with van der Waals surface area (Å²) in [6.45, 7) is 0.942. The molecule has 3 saturated heterocycles. The van der Waals surface area contributed by atoms with Crippen molar-refractivity contribution < 1.29 is 39.6 Å². The molecule has 0 saturated carbocycles. The van der Waals surface area contributed by atoms with E-state index in [2.05, 4.69) is 17.6 Å². The second-order valence-corrected chi connectivity index (χ2v) is 10.7. The van der Waals surface area contributed by atoms with Gasteiger partial charge in [0.15, 0.2) is 12.0 Å². The fourth-order valence-electron chi connectivity index (χ4n) is 5.46. The number of piperazine rings is 2. The molecule has 12 heteroatoms. The Hall–Kier alpha value is -3.22. The Labute approximate surface area is 234 Å². The van der Waals surface area contributed by atoms with Crippen LogP contribution < -0.4 is 10.6 Å². The zero-order valence-corrected chi connectivity index (χ0v) is 23.1. The van der Waals surface area contributed by atoms with Crippen LogP contribution in [-0.2, 0) is 19.2 Å². The fraction of sp³-hybridized carbons (Fsp3) is 0.643. The zero-order valence-electron chi connectivity index (χ0n) is 23.1. The summed E-state index contributed by atoms with van der Waals surface area (Å²) in [4.78, 5) is 50.9. The second-order valence-electron chi connectivity index (χ2n) is 10.7. The van der Waals surface area contributed by atoms with E-state index in [4.69, 9.17) is 0 Å². The number of allylic oxidation sites excluding steroid dienone is 4. The molecule has 6 N–H and O–H groups in total. The van der Waals surface area contributed by atoms with Crippen LogP contribution in [-0.4, -0.2) is 90.7 Å². The third-order valence-electron chi connectivity index (χ3n) is 7.66. The maximum absolute atomic E-state index is 12.9. The van der Waals surface area contributed by atoms with Gasteiger partial charge in [0.25, 0.3) is 0 Å². The van der Waals surface area contributed by atoms with Crippen molar-refractivity contribution in [2.24, 2.45) is 0 Å². The number of aliphatic hydroxyl groups excluding tert-OH is 2. The molecule has 3 fully saturated rings. The van der Waals surface area contributed by atoms with Gasteiger partial charge in [0.1, 0.15) is 24.9 Å². The lowest BCUT2D eigenvalue weighted by Crippen LogP contribution is -2.85. The number of hydrogen-bond donors (Lipinski definition) is 6. The number of carbonyl (C=O) groups excluding carboxylic acids is 4. The highest BCUT2D eigenvalue weighted by Crippen LogP contribution is 2.44. The van der Waals surface area contributed by atoms with Crippen molar-refractivity contribution >= 4 is 23.6 Å². The molecule has 3 aliphatic rings. The number of nitrogens with one attached hydrogen (secondary N) is 2. The molecule has 3 rings (SSSR count). The molecule has 4 atom stereocenters. The van der Waals surface area contributed by atoms with Crippen LogP contribution in [0.5, 0.6) is 0 Å². The Balaban J connectivity index is 1.46. The first-order chi connectivity index (χ1) is 19.0. The summed E-state index contributed by atoms with van der Waals surface area (Å²) in [5.41, 5.74) is -5.19. The molecular weight excluding hydrogens is 520 g/mol. The van der Waals surface area contributed by atoms with Gasteiger partial charge in [0, 0.05) is 12.5 Å². The van der Waals surface area contributed by atoms with Gasteiger partial charge in [-0.1, -0.05) is 76.5 Å². The number of hydrogen-bond acceptors (Lipinski definition) is 8. The van der Waals surface area contributed by atoms with Gasteiger partial charge >= 0.3 is 0 Å². The lowest BCUT2D eigenvalue weighted by Gasteiger charge is -2.57. The van der Waals surface area contributed by atoms with Gasteiger partial charge in [-0.05, 0) is 18.9 Å². The molecule has 0 aromatic rings. The summed E-state index contributed by atoms with van der Waals surface area (Å²) in [7, 11) is 0. The zero-order chi connectivity index (χ0) is 29.3. The van der Waals surface area contributed by atoms with E-state index in [1.807, 2.05) is 6.08 Å². The minimum Gasteiger partial charge on any atom is -0.508 e. The lowest BCUT2D eigenvalue weighted by molar-refractivity contribution is -0.326. The van der Waals surface area contributed by atoms with E-state index >= 15 is 0 Å². The molecule has 4 unspecified atom stereocenters. The summed E-state index contributed by atoms with van der Waals surface area (Å²) in [6.07, 6.45) is 17.1. The summed E-state index contributed by atoms with van der Waals surface area (Å²) >= 11 is 0. The summed E-state index contributed by atoms with van der Waals surface area (Å²) in [6, 6.07) is -1.36. The van der Waals surface area contributed by atoms with Crippen LogP contribution in [0.2, 0.25) is 0 Å². The van der Waals surface area contributed by atoms with E-state index in [0.29, 0.717) is 9.80 Å². The summed E-state index contributed by atoms with van der Waals surface area (Å²) in [5, 5.41) is 47.2. The molecule has 0 spiro atoms. The van der Waals surface area contributed by atoms with Gasteiger partial charge in [-0.15, -0.1) is 0 Å². The molecule has 3 heterocycles.